The summed E-state index contributed by atoms with van der Waals surface area (Å²) in [5.41, 5.74) is 2.67. The molecule has 0 unspecified atom stereocenters. The van der Waals surface area contributed by atoms with Gasteiger partial charge in [-0.2, -0.15) is 0 Å². The standard InChI is InChI=1S/C21H18O3/c1-15-7-9-16(10-8-15)19(22)13-11-17-12-14-21(24-17)18-5-3-4-6-20(18)23-2/h3-14H,1-2H3/b13-11+. The van der Waals surface area contributed by atoms with Crippen molar-refractivity contribution < 1.29 is 13.9 Å². The van der Waals surface area contributed by atoms with Gasteiger partial charge in [-0.3, -0.25) is 4.79 Å². The van der Waals surface area contributed by atoms with Gasteiger partial charge in [0.25, 0.3) is 0 Å². The minimum Gasteiger partial charge on any atom is -0.496 e. The molecule has 0 saturated heterocycles. The van der Waals surface area contributed by atoms with Crippen LogP contribution in [0, 0.1) is 6.92 Å². The Morgan fingerprint density at radius 1 is 1.00 bits per heavy atom. The van der Waals surface area contributed by atoms with Gasteiger partial charge in [-0.1, -0.05) is 42.0 Å². The maximum Gasteiger partial charge on any atom is 0.185 e. The maximum atomic E-state index is 12.2. The summed E-state index contributed by atoms with van der Waals surface area (Å²) in [6, 6.07) is 18.9. The van der Waals surface area contributed by atoms with Crippen molar-refractivity contribution in [3.05, 3.63) is 83.6 Å². The third-order valence-electron chi connectivity index (χ3n) is 3.73. The lowest BCUT2D eigenvalue weighted by Crippen LogP contribution is -1.93. The average molecular weight is 318 g/mol. The molecule has 1 heterocycles. The van der Waals surface area contributed by atoms with E-state index >= 15 is 0 Å². The van der Waals surface area contributed by atoms with Crippen molar-refractivity contribution in [2.24, 2.45) is 0 Å². The van der Waals surface area contributed by atoms with Gasteiger partial charge in [-0.25, -0.2) is 0 Å². The molecule has 0 aliphatic heterocycles. The molecule has 0 aliphatic carbocycles. The molecular weight excluding hydrogens is 300 g/mol. The summed E-state index contributed by atoms with van der Waals surface area (Å²) in [5, 5.41) is 0. The van der Waals surface area contributed by atoms with Crippen molar-refractivity contribution in [3.8, 4) is 17.1 Å². The van der Waals surface area contributed by atoms with Gasteiger partial charge >= 0.3 is 0 Å². The molecule has 120 valence electrons. The number of furan rings is 1. The van der Waals surface area contributed by atoms with Crippen LogP contribution in [0.5, 0.6) is 5.75 Å². The zero-order valence-electron chi connectivity index (χ0n) is 13.7. The first-order chi connectivity index (χ1) is 11.7. The molecule has 0 atom stereocenters. The molecule has 0 radical (unpaired) electrons. The number of ketones is 1. The number of ether oxygens (including phenoxy) is 1. The van der Waals surface area contributed by atoms with Crippen LogP contribution >= 0.6 is 0 Å². The Balaban J connectivity index is 1.78. The lowest BCUT2D eigenvalue weighted by molar-refractivity contribution is 0.104. The molecule has 0 bridgehead atoms. The molecule has 3 nitrogen and oxygen atoms in total. The van der Waals surface area contributed by atoms with Crippen molar-refractivity contribution >= 4 is 11.9 Å². The van der Waals surface area contributed by atoms with Gasteiger partial charge in [-0.15, -0.1) is 0 Å². The van der Waals surface area contributed by atoms with E-state index in [-0.39, 0.29) is 5.78 Å². The largest absolute Gasteiger partial charge is 0.496 e. The molecule has 3 heteroatoms. The highest BCUT2D eigenvalue weighted by molar-refractivity contribution is 6.06. The van der Waals surface area contributed by atoms with Crippen molar-refractivity contribution in [2.45, 2.75) is 6.92 Å². The van der Waals surface area contributed by atoms with Crippen LogP contribution in [0.15, 0.2) is 71.2 Å². The summed E-state index contributed by atoms with van der Waals surface area (Å²) >= 11 is 0. The molecular formula is C21H18O3. The highest BCUT2D eigenvalue weighted by Gasteiger charge is 2.09. The molecule has 24 heavy (non-hydrogen) atoms. The van der Waals surface area contributed by atoms with Crippen LogP contribution in [0.4, 0.5) is 0 Å². The highest BCUT2D eigenvalue weighted by atomic mass is 16.5. The number of para-hydroxylation sites is 1. The minimum absolute atomic E-state index is 0.0507. The minimum atomic E-state index is -0.0507. The molecule has 1 aromatic heterocycles. The van der Waals surface area contributed by atoms with Crippen LogP contribution in [-0.4, -0.2) is 12.9 Å². The smallest absolute Gasteiger partial charge is 0.185 e. The number of hydrogen-bond donors (Lipinski definition) is 0. The van der Waals surface area contributed by atoms with Crippen molar-refractivity contribution in [3.63, 3.8) is 0 Å². The Morgan fingerprint density at radius 2 is 1.75 bits per heavy atom. The van der Waals surface area contributed by atoms with E-state index in [4.69, 9.17) is 9.15 Å². The summed E-state index contributed by atoms with van der Waals surface area (Å²) < 4.78 is 11.1. The van der Waals surface area contributed by atoms with E-state index in [0.717, 1.165) is 16.9 Å². The Hall–Kier alpha value is -3.07. The van der Waals surface area contributed by atoms with E-state index in [1.165, 1.54) is 6.08 Å². The lowest BCUT2D eigenvalue weighted by Gasteiger charge is -2.04. The Labute approximate surface area is 141 Å². The molecule has 0 saturated carbocycles. The maximum absolute atomic E-state index is 12.2. The summed E-state index contributed by atoms with van der Waals surface area (Å²) in [7, 11) is 1.63. The van der Waals surface area contributed by atoms with E-state index < -0.39 is 0 Å². The first-order valence-electron chi connectivity index (χ1n) is 7.69. The van der Waals surface area contributed by atoms with Crippen LogP contribution in [0.3, 0.4) is 0 Å². The number of rotatable bonds is 5. The van der Waals surface area contributed by atoms with Gasteiger partial charge < -0.3 is 9.15 Å². The number of aryl methyl sites for hydroxylation is 1. The quantitative estimate of drug-likeness (QED) is 0.482. The van der Waals surface area contributed by atoms with Gasteiger partial charge in [0.2, 0.25) is 0 Å². The van der Waals surface area contributed by atoms with E-state index in [2.05, 4.69) is 0 Å². The van der Waals surface area contributed by atoms with E-state index in [9.17, 15) is 4.79 Å². The number of carbonyl (C=O) groups excluding carboxylic acids is 1. The summed E-state index contributed by atoms with van der Waals surface area (Å²) in [4.78, 5) is 12.2. The lowest BCUT2D eigenvalue weighted by atomic mass is 10.1. The van der Waals surface area contributed by atoms with Crippen LogP contribution < -0.4 is 4.74 Å². The summed E-state index contributed by atoms with van der Waals surface area (Å²) in [5.74, 6) is 2.02. The Bertz CT molecular complexity index is 870. The molecule has 0 aliphatic rings. The van der Waals surface area contributed by atoms with Gasteiger partial charge in [0.15, 0.2) is 5.78 Å². The average Bonchev–Trinajstić information content (AvgIpc) is 3.09. The van der Waals surface area contributed by atoms with Gasteiger partial charge in [0, 0.05) is 5.56 Å². The van der Waals surface area contributed by atoms with Crippen LogP contribution in [-0.2, 0) is 0 Å². The molecule has 2 aromatic carbocycles. The van der Waals surface area contributed by atoms with Gasteiger partial charge in [0.1, 0.15) is 17.3 Å². The molecule has 3 aromatic rings. The third kappa shape index (κ3) is 3.46. The predicted molar refractivity (Wildman–Crippen MR) is 95.2 cm³/mol. The number of benzene rings is 2. The van der Waals surface area contributed by atoms with Crippen molar-refractivity contribution in [1.29, 1.82) is 0 Å². The molecule has 0 fully saturated rings. The number of allylic oxidation sites excluding steroid dienone is 1. The molecule has 0 amide bonds. The molecule has 3 rings (SSSR count). The fourth-order valence-corrected chi connectivity index (χ4v) is 2.41. The summed E-state index contributed by atoms with van der Waals surface area (Å²) in [6.07, 6.45) is 3.20. The first kappa shape index (κ1) is 15.8. The van der Waals surface area contributed by atoms with Crippen molar-refractivity contribution in [2.75, 3.05) is 7.11 Å². The Kier molecular flexibility index (Phi) is 4.62. The van der Waals surface area contributed by atoms with E-state index in [1.54, 1.807) is 13.2 Å². The number of hydrogen-bond acceptors (Lipinski definition) is 3. The molecule has 0 spiro atoms. The van der Waals surface area contributed by atoms with Crippen LogP contribution in [0.25, 0.3) is 17.4 Å². The third-order valence-corrected chi connectivity index (χ3v) is 3.73. The second-order valence-electron chi connectivity index (χ2n) is 5.47. The fraction of sp³-hybridized carbons (Fsp3) is 0.0952. The van der Waals surface area contributed by atoms with Crippen molar-refractivity contribution in [1.82, 2.24) is 0 Å². The molecule has 0 N–H and O–H groups in total. The second-order valence-corrected chi connectivity index (χ2v) is 5.47. The van der Waals surface area contributed by atoms with E-state index in [1.807, 2.05) is 67.6 Å². The van der Waals surface area contributed by atoms with Crippen LogP contribution in [0.1, 0.15) is 21.7 Å². The fourth-order valence-electron chi connectivity index (χ4n) is 2.41. The second kappa shape index (κ2) is 7.01. The van der Waals surface area contributed by atoms with Gasteiger partial charge in [0.05, 0.1) is 12.7 Å². The monoisotopic (exact) mass is 318 g/mol. The predicted octanol–water partition coefficient (Wildman–Crippen LogP) is 5.16. The zero-order valence-corrected chi connectivity index (χ0v) is 13.7. The number of methoxy groups -OCH3 is 1. The zero-order chi connectivity index (χ0) is 16.9. The topological polar surface area (TPSA) is 39.4 Å². The number of carbonyl (C=O) groups is 1. The Morgan fingerprint density at radius 3 is 2.50 bits per heavy atom. The van der Waals surface area contributed by atoms with Gasteiger partial charge in [-0.05, 0) is 43.3 Å². The first-order valence-corrected chi connectivity index (χ1v) is 7.69. The normalized spacial score (nSPS) is 10.9. The van der Waals surface area contributed by atoms with E-state index in [0.29, 0.717) is 17.1 Å². The summed E-state index contributed by atoms with van der Waals surface area (Å²) in [6.45, 7) is 1.99. The highest BCUT2D eigenvalue weighted by Crippen LogP contribution is 2.31. The SMILES string of the molecule is COc1ccccc1-c1ccc(/C=C/C(=O)c2ccc(C)cc2)o1. The van der Waals surface area contributed by atoms with Crippen LogP contribution in [0.2, 0.25) is 0 Å².